The van der Waals surface area contributed by atoms with E-state index >= 15 is 0 Å². The smallest absolute Gasteiger partial charge is 0.323 e. The maximum atomic E-state index is 13.0. The monoisotopic (exact) mass is 458 g/mol. The SMILES string of the molecule is COC1(CC(=O)O)CCc2cc(-c3ccc(NC(=O)Nc4cccc(C)c4)cc3)ccc2C1=O. The number of methoxy groups -OCH3 is 1. The van der Waals surface area contributed by atoms with Crippen LogP contribution in [0.15, 0.2) is 66.7 Å². The number of ketones is 1. The van der Waals surface area contributed by atoms with E-state index in [-0.39, 0.29) is 18.2 Å². The van der Waals surface area contributed by atoms with Crippen molar-refractivity contribution in [3.05, 3.63) is 83.4 Å². The minimum absolute atomic E-state index is 0.288. The van der Waals surface area contributed by atoms with E-state index in [1.807, 2.05) is 67.6 Å². The van der Waals surface area contributed by atoms with Crippen LogP contribution < -0.4 is 10.6 Å². The molecule has 1 atom stereocenters. The van der Waals surface area contributed by atoms with Gasteiger partial charge in [0, 0.05) is 24.0 Å². The third kappa shape index (κ3) is 4.84. The van der Waals surface area contributed by atoms with Crippen LogP contribution in [0, 0.1) is 6.92 Å². The Morgan fingerprint density at radius 3 is 2.35 bits per heavy atom. The van der Waals surface area contributed by atoms with Gasteiger partial charge in [-0.1, -0.05) is 42.5 Å². The van der Waals surface area contributed by atoms with Gasteiger partial charge in [0.2, 0.25) is 0 Å². The van der Waals surface area contributed by atoms with Crippen molar-refractivity contribution in [3.8, 4) is 11.1 Å². The third-order valence-electron chi connectivity index (χ3n) is 6.14. The fourth-order valence-corrected chi connectivity index (χ4v) is 4.34. The number of hydrogen-bond donors (Lipinski definition) is 3. The maximum absolute atomic E-state index is 13.0. The molecule has 0 spiro atoms. The van der Waals surface area contributed by atoms with Crippen molar-refractivity contribution in [2.75, 3.05) is 17.7 Å². The number of amides is 2. The Balaban J connectivity index is 1.47. The second kappa shape index (κ2) is 9.49. The van der Waals surface area contributed by atoms with Crippen molar-refractivity contribution < 1.29 is 24.2 Å². The van der Waals surface area contributed by atoms with Gasteiger partial charge in [0.1, 0.15) is 5.60 Å². The van der Waals surface area contributed by atoms with E-state index in [1.165, 1.54) is 7.11 Å². The number of aliphatic carboxylic acids is 1. The van der Waals surface area contributed by atoms with Gasteiger partial charge in [0.25, 0.3) is 0 Å². The zero-order valence-electron chi connectivity index (χ0n) is 19.1. The lowest BCUT2D eigenvalue weighted by molar-refractivity contribution is -0.142. The molecule has 0 radical (unpaired) electrons. The lowest BCUT2D eigenvalue weighted by atomic mass is 9.76. The highest BCUT2D eigenvalue weighted by atomic mass is 16.5. The van der Waals surface area contributed by atoms with Crippen molar-refractivity contribution in [1.29, 1.82) is 0 Å². The number of carbonyl (C=O) groups is 3. The molecule has 3 aromatic rings. The van der Waals surface area contributed by atoms with Crippen LogP contribution in [0.2, 0.25) is 0 Å². The van der Waals surface area contributed by atoms with Gasteiger partial charge in [-0.2, -0.15) is 0 Å². The average Bonchev–Trinajstić information content (AvgIpc) is 2.81. The summed E-state index contributed by atoms with van der Waals surface area (Å²) in [6.45, 7) is 1.96. The molecule has 0 heterocycles. The molecule has 0 aliphatic heterocycles. The maximum Gasteiger partial charge on any atom is 0.323 e. The predicted molar refractivity (Wildman–Crippen MR) is 130 cm³/mol. The number of ether oxygens (including phenoxy) is 1. The zero-order chi connectivity index (χ0) is 24.3. The molecular formula is C27H26N2O5. The van der Waals surface area contributed by atoms with E-state index in [2.05, 4.69) is 10.6 Å². The molecule has 174 valence electrons. The first-order valence-corrected chi connectivity index (χ1v) is 11.0. The number of nitrogens with one attached hydrogen (secondary N) is 2. The highest BCUT2D eigenvalue weighted by Gasteiger charge is 2.44. The molecule has 0 saturated carbocycles. The number of urea groups is 1. The van der Waals surface area contributed by atoms with E-state index in [4.69, 9.17) is 4.74 Å². The van der Waals surface area contributed by atoms with Crippen molar-refractivity contribution in [3.63, 3.8) is 0 Å². The van der Waals surface area contributed by atoms with Gasteiger partial charge in [-0.15, -0.1) is 0 Å². The van der Waals surface area contributed by atoms with Gasteiger partial charge >= 0.3 is 12.0 Å². The van der Waals surface area contributed by atoms with E-state index in [0.717, 1.165) is 27.9 Å². The average molecular weight is 459 g/mol. The van der Waals surface area contributed by atoms with E-state index < -0.39 is 11.6 Å². The summed E-state index contributed by atoms with van der Waals surface area (Å²) in [5.41, 5.74) is 4.37. The fraction of sp³-hybridized carbons (Fsp3) is 0.222. The number of carbonyl (C=O) groups excluding carboxylic acids is 2. The Morgan fingerprint density at radius 2 is 1.68 bits per heavy atom. The van der Waals surface area contributed by atoms with E-state index in [1.54, 1.807) is 6.07 Å². The van der Waals surface area contributed by atoms with Crippen LogP contribution in [0.25, 0.3) is 11.1 Å². The summed E-state index contributed by atoms with van der Waals surface area (Å²) in [6.07, 6.45) is 0.522. The Bertz CT molecular complexity index is 1250. The summed E-state index contributed by atoms with van der Waals surface area (Å²) in [7, 11) is 1.39. The molecule has 4 rings (SSSR count). The van der Waals surface area contributed by atoms with Crippen LogP contribution in [-0.4, -0.2) is 35.6 Å². The number of carboxylic acid groups (broad SMARTS) is 1. The van der Waals surface area contributed by atoms with Crippen molar-refractivity contribution in [1.82, 2.24) is 0 Å². The van der Waals surface area contributed by atoms with Crippen LogP contribution in [0.4, 0.5) is 16.2 Å². The zero-order valence-corrected chi connectivity index (χ0v) is 19.1. The molecule has 7 heteroatoms. The molecule has 1 unspecified atom stereocenters. The fourth-order valence-electron chi connectivity index (χ4n) is 4.34. The van der Waals surface area contributed by atoms with Crippen LogP contribution in [0.5, 0.6) is 0 Å². The lowest BCUT2D eigenvalue weighted by Gasteiger charge is -2.34. The summed E-state index contributed by atoms with van der Waals surface area (Å²) in [5, 5.41) is 14.8. The topological polar surface area (TPSA) is 105 Å². The number of Topliss-reactive ketones (excluding diaryl/α,β-unsaturated/α-hetero) is 1. The van der Waals surface area contributed by atoms with E-state index in [0.29, 0.717) is 24.1 Å². The van der Waals surface area contributed by atoms with Gasteiger partial charge in [-0.3, -0.25) is 9.59 Å². The molecule has 2 amide bonds. The Labute approximate surface area is 197 Å². The van der Waals surface area contributed by atoms with Gasteiger partial charge in [0.05, 0.1) is 6.42 Å². The number of anilines is 2. The molecular weight excluding hydrogens is 432 g/mol. The lowest BCUT2D eigenvalue weighted by Crippen LogP contribution is -2.46. The first-order chi connectivity index (χ1) is 16.3. The summed E-state index contributed by atoms with van der Waals surface area (Å²) >= 11 is 0. The molecule has 7 nitrogen and oxygen atoms in total. The normalized spacial score (nSPS) is 17.1. The number of fused-ring (bicyclic) bond motifs is 1. The second-order valence-electron chi connectivity index (χ2n) is 8.50. The van der Waals surface area contributed by atoms with Crippen LogP contribution in [0.1, 0.15) is 34.3 Å². The molecule has 1 aliphatic carbocycles. The molecule has 0 saturated heterocycles. The minimum Gasteiger partial charge on any atom is -0.481 e. The van der Waals surface area contributed by atoms with Crippen LogP contribution in [0.3, 0.4) is 0 Å². The molecule has 0 bridgehead atoms. The number of hydrogen-bond acceptors (Lipinski definition) is 4. The van der Waals surface area contributed by atoms with Crippen molar-refractivity contribution in [2.45, 2.75) is 31.8 Å². The highest BCUT2D eigenvalue weighted by Crippen LogP contribution is 2.36. The molecule has 34 heavy (non-hydrogen) atoms. The molecule has 3 N–H and O–H groups in total. The summed E-state index contributed by atoms with van der Waals surface area (Å²) in [5.74, 6) is -1.35. The third-order valence-corrected chi connectivity index (χ3v) is 6.14. The Hall–Kier alpha value is -3.97. The second-order valence-corrected chi connectivity index (χ2v) is 8.50. The summed E-state index contributed by atoms with van der Waals surface area (Å²) in [6, 6.07) is 20.2. The van der Waals surface area contributed by atoms with Crippen LogP contribution in [-0.2, 0) is 16.0 Å². The number of rotatable bonds is 6. The Kier molecular flexibility index (Phi) is 6.47. The van der Waals surface area contributed by atoms with E-state index in [9.17, 15) is 19.5 Å². The van der Waals surface area contributed by atoms with Gasteiger partial charge in [-0.25, -0.2) is 4.79 Å². The molecule has 1 aliphatic rings. The first kappa shape index (κ1) is 23.2. The molecule has 3 aromatic carbocycles. The predicted octanol–water partition coefficient (Wildman–Crippen LogP) is 5.29. The van der Waals surface area contributed by atoms with Crippen molar-refractivity contribution >= 4 is 29.2 Å². The van der Waals surface area contributed by atoms with Gasteiger partial charge < -0.3 is 20.5 Å². The number of aryl methyl sites for hydroxylation is 2. The highest BCUT2D eigenvalue weighted by molar-refractivity contribution is 6.06. The number of benzene rings is 3. The first-order valence-electron chi connectivity index (χ1n) is 11.0. The Morgan fingerprint density at radius 1 is 0.971 bits per heavy atom. The molecule has 0 aromatic heterocycles. The minimum atomic E-state index is -1.31. The summed E-state index contributed by atoms with van der Waals surface area (Å²) < 4.78 is 5.39. The largest absolute Gasteiger partial charge is 0.481 e. The summed E-state index contributed by atoms with van der Waals surface area (Å²) in [4.78, 5) is 36.6. The number of carboxylic acids is 1. The van der Waals surface area contributed by atoms with Crippen LogP contribution >= 0.6 is 0 Å². The van der Waals surface area contributed by atoms with Gasteiger partial charge in [-0.05, 0) is 66.3 Å². The van der Waals surface area contributed by atoms with Gasteiger partial charge in [0.15, 0.2) is 5.78 Å². The standard InChI is InChI=1S/C27H26N2O5/c1-17-4-3-5-22(14-17)29-26(33)28-21-9-6-18(7-10-21)19-8-11-23-20(15-19)12-13-27(34-2,25(23)32)16-24(30)31/h3-11,14-15H,12-13,16H2,1-2H3,(H,30,31)(H2,28,29,33). The molecule has 0 fully saturated rings. The quantitative estimate of drug-likeness (QED) is 0.465. The van der Waals surface area contributed by atoms with Crippen molar-refractivity contribution in [2.24, 2.45) is 0 Å².